The summed E-state index contributed by atoms with van der Waals surface area (Å²) in [6.07, 6.45) is 0. The van der Waals surface area contributed by atoms with Crippen LogP contribution in [-0.4, -0.2) is 31.2 Å². The summed E-state index contributed by atoms with van der Waals surface area (Å²) in [7, 11) is 4.13. The van der Waals surface area contributed by atoms with Gasteiger partial charge in [0.2, 0.25) is 0 Å². The third kappa shape index (κ3) is 3.12. The van der Waals surface area contributed by atoms with Crippen LogP contribution in [0.1, 0.15) is 16.7 Å². The number of nitrogens with zero attached hydrogens (tertiary/aromatic N) is 1. The zero-order valence-electron chi connectivity index (χ0n) is 14.1. The number of fused-ring (bicyclic) bond motifs is 1. The second-order valence-corrected chi connectivity index (χ2v) is 6.48. The van der Waals surface area contributed by atoms with Gasteiger partial charge in [0.15, 0.2) is 29.0 Å². The fourth-order valence-corrected chi connectivity index (χ4v) is 3.98. The Balaban J connectivity index is 1.98. The van der Waals surface area contributed by atoms with Gasteiger partial charge in [-0.3, -0.25) is 4.90 Å². The molecule has 1 aliphatic heterocycles. The number of halogens is 3. The van der Waals surface area contributed by atoms with E-state index in [0.717, 1.165) is 36.9 Å². The molecule has 0 amide bonds. The van der Waals surface area contributed by atoms with E-state index in [1.165, 1.54) is 0 Å². The van der Waals surface area contributed by atoms with E-state index in [9.17, 15) is 13.2 Å². The Morgan fingerprint density at radius 1 is 1.08 bits per heavy atom. The monoisotopic (exact) mass is 367 g/mol. The molecule has 0 N–H and O–H groups in total. The molecule has 0 bridgehead atoms. The highest BCUT2D eigenvalue weighted by molar-refractivity contribution is 7.40. The summed E-state index contributed by atoms with van der Waals surface area (Å²) in [5, 5.41) is 0. The summed E-state index contributed by atoms with van der Waals surface area (Å²) in [6.45, 7) is 2.82. The average Bonchev–Trinajstić information content (AvgIpc) is 2.95. The van der Waals surface area contributed by atoms with Gasteiger partial charge >= 0.3 is 0 Å². The van der Waals surface area contributed by atoms with E-state index >= 15 is 0 Å². The first-order valence-corrected chi connectivity index (χ1v) is 8.93. The number of hydrogen-bond donors (Lipinski definition) is 0. The van der Waals surface area contributed by atoms with E-state index in [-0.39, 0.29) is 6.54 Å². The van der Waals surface area contributed by atoms with Gasteiger partial charge in [-0.25, -0.2) is 13.2 Å². The predicted molar refractivity (Wildman–Crippen MR) is 92.1 cm³/mol. The van der Waals surface area contributed by atoms with Gasteiger partial charge in [-0.1, -0.05) is 14.3 Å². The molecule has 0 unspecified atom stereocenters. The predicted octanol–water partition coefficient (Wildman–Crippen LogP) is 4.19. The molecule has 0 atom stereocenters. The molecule has 3 rings (SSSR count). The van der Waals surface area contributed by atoms with Crippen LogP contribution in [0, 0.1) is 17.5 Å². The highest BCUT2D eigenvalue weighted by atomic mass is 31.1. The van der Waals surface area contributed by atoms with Crippen LogP contribution in [-0.2, 0) is 13.1 Å². The Labute approximate surface area is 145 Å². The van der Waals surface area contributed by atoms with Gasteiger partial charge < -0.3 is 9.47 Å². The molecule has 1 aliphatic rings. The van der Waals surface area contributed by atoms with E-state index in [1.54, 1.807) is 14.2 Å². The smallest absolute Gasteiger partial charge is 0.194 e. The lowest BCUT2D eigenvalue weighted by Crippen LogP contribution is -2.23. The molecule has 2 aromatic carbocycles. The van der Waals surface area contributed by atoms with Crippen molar-refractivity contribution in [2.75, 3.05) is 20.9 Å². The standard InChI is InChI=1S/C18H17F3NO2P/c1-23-14-5-4-11-9-22(18(25-3)15(11)17(14)24-2)8-10-6-12(19)16(21)13(20)7-10/h4-7H,8-9H2,1-3H3. The van der Waals surface area contributed by atoms with Crippen molar-refractivity contribution in [3.63, 3.8) is 0 Å². The molecule has 0 fully saturated rings. The molecule has 0 spiro atoms. The summed E-state index contributed by atoms with van der Waals surface area (Å²) in [5.41, 5.74) is 3.33. The Morgan fingerprint density at radius 2 is 1.76 bits per heavy atom. The first-order valence-electron chi connectivity index (χ1n) is 7.59. The number of rotatable bonds is 4. The average molecular weight is 367 g/mol. The Bertz CT molecular complexity index is 831. The normalized spacial score (nSPS) is 15.5. The third-order valence-corrected chi connectivity index (χ3v) is 5.08. The summed E-state index contributed by atoms with van der Waals surface area (Å²) in [5.74, 6) is -2.53. The zero-order chi connectivity index (χ0) is 18.1. The maximum absolute atomic E-state index is 13.5. The van der Waals surface area contributed by atoms with Crippen LogP contribution in [0.25, 0.3) is 0 Å². The first kappa shape index (κ1) is 17.8. The molecule has 0 saturated carbocycles. The van der Waals surface area contributed by atoms with Crippen LogP contribution in [0.3, 0.4) is 0 Å². The van der Waals surface area contributed by atoms with Gasteiger partial charge in [0.1, 0.15) is 0 Å². The van der Waals surface area contributed by atoms with E-state index in [1.807, 2.05) is 23.7 Å². The zero-order valence-corrected chi connectivity index (χ0v) is 15.0. The van der Waals surface area contributed by atoms with E-state index in [0.29, 0.717) is 23.6 Å². The SMILES string of the molecule is COc1ccc2c(c1OC)C(=PC)N(Cc1cc(F)c(F)c(F)c1)C2. The van der Waals surface area contributed by atoms with Crippen molar-refractivity contribution in [3.8, 4) is 11.5 Å². The van der Waals surface area contributed by atoms with E-state index in [2.05, 4.69) is 0 Å². The maximum atomic E-state index is 13.5. The van der Waals surface area contributed by atoms with Crippen LogP contribution >= 0.6 is 8.20 Å². The van der Waals surface area contributed by atoms with Crippen LogP contribution in [0.4, 0.5) is 13.2 Å². The number of methoxy groups -OCH3 is 2. The lowest BCUT2D eigenvalue weighted by molar-refractivity contribution is 0.354. The summed E-state index contributed by atoms with van der Waals surface area (Å²) in [4.78, 5) is 2.00. The third-order valence-electron chi connectivity index (χ3n) is 4.15. The Morgan fingerprint density at radius 3 is 2.32 bits per heavy atom. The molecule has 7 heteroatoms. The minimum absolute atomic E-state index is 0.268. The summed E-state index contributed by atoms with van der Waals surface area (Å²) in [6, 6.07) is 5.85. The van der Waals surface area contributed by atoms with Crippen molar-refractivity contribution >= 4 is 13.6 Å². The molecule has 25 heavy (non-hydrogen) atoms. The number of ether oxygens (including phenoxy) is 2. The van der Waals surface area contributed by atoms with Crippen LogP contribution in [0.5, 0.6) is 11.5 Å². The van der Waals surface area contributed by atoms with Gasteiger partial charge in [-0.05, 0) is 36.0 Å². The van der Waals surface area contributed by atoms with Gasteiger partial charge in [0.25, 0.3) is 0 Å². The van der Waals surface area contributed by atoms with Gasteiger partial charge in [-0.15, -0.1) is 0 Å². The quantitative estimate of drug-likeness (QED) is 0.598. The second kappa shape index (κ2) is 7.06. The fourth-order valence-electron chi connectivity index (χ4n) is 3.09. The van der Waals surface area contributed by atoms with E-state index < -0.39 is 17.5 Å². The molecule has 0 radical (unpaired) electrons. The molecular formula is C18H17F3NO2P. The minimum atomic E-state index is -1.45. The number of benzene rings is 2. The van der Waals surface area contributed by atoms with Crippen molar-refractivity contribution < 1.29 is 22.6 Å². The summed E-state index contributed by atoms with van der Waals surface area (Å²) >= 11 is 0. The molecule has 1 heterocycles. The van der Waals surface area contributed by atoms with Crippen molar-refractivity contribution in [2.45, 2.75) is 13.1 Å². The minimum Gasteiger partial charge on any atom is -0.493 e. The van der Waals surface area contributed by atoms with Crippen molar-refractivity contribution in [2.24, 2.45) is 0 Å². The lowest BCUT2D eigenvalue weighted by atomic mass is 10.1. The topological polar surface area (TPSA) is 21.7 Å². The van der Waals surface area contributed by atoms with Gasteiger partial charge in [0.05, 0.1) is 19.6 Å². The summed E-state index contributed by atoms with van der Waals surface area (Å²) < 4.78 is 51.0. The molecule has 132 valence electrons. The molecule has 0 aromatic heterocycles. The Kier molecular flexibility index (Phi) is 5.02. The first-order chi connectivity index (χ1) is 12.0. The van der Waals surface area contributed by atoms with Crippen molar-refractivity contribution in [3.05, 3.63) is 58.4 Å². The van der Waals surface area contributed by atoms with Crippen LogP contribution in [0.2, 0.25) is 0 Å². The van der Waals surface area contributed by atoms with Gasteiger partial charge in [0, 0.05) is 18.7 Å². The largest absolute Gasteiger partial charge is 0.493 e. The lowest BCUT2D eigenvalue weighted by Gasteiger charge is -2.18. The van der Waals surface area contributed by atoms with Gasteiger partial charge in [-0.2, -0.15) is 0 Å². The molecular weight excluding hydrogens is 350 g/mol. The van der Waals surface area contributed by atoms with Crippen LogP contribution in [0.15, 0.2) is 24.3 Å². The maximum Gasteiger partial charge on any atom is 0.194 e. The highest BCUT2D eigenvalue weighted by Gasteiger charge is 2.30. The molecule has 2 aromatic rings. The molecule has 0 aliphatic carbocycles. The fraction of sp³-hybridized carbons (Fsp3) is 0.278. The van der Waals surface area contributed by atoms with Crippen molar-refractivity contribution in [1.82, 2.24) is 4.90 Å². The highest BCUT2D eigenvalue weighted by Crippen LogP contribution is 2.40. The van der Waals surface area contributed by atoms with E-state index in [4.69, 9.17) is 9.47 Å². The molecule has 3 nitrogen and oxygen atoms in total. The second-order valence-electron chi connectivity index (χ2n) is 5.61. The number of hydrogen-bond acceptors (Lipinski definition) is 2. The van der Waals surface area contributed by atoms with Crippen LogP contribution < -0.4 is 9.47 Å². The van der Waals surface area contributed by atoms with Crippen molar-refractivity contribution in [1.29, 1.82) is 0 Å². The Hall–Kier alpha value is -2.04. The molecule has 0 saturated heterocycles.